The van der Waals surface area contributed by atoms with Crippen LogP contribution in [0.5, 0.6) is 0 Å². The fraction of sp³-hybridized carbons (Fsp3) is 0.400. The van der Waals surface area contributed by atoms with Gasteiger partial charge >= 0.3 is 0 Å². The van der Waals surface area contributed by atoms with Crippen molar-refractivity contribution in [3.8, 4) is 5.69 Å². The Bertz CT molecular complexity index is 516. The summed E-state index contributed by atoms with van der Waals surface area (Å²) in [6, 6.07) is 10.4. The number of nitrogens with two attached hydrogens (primary N) is 1. The molecule has 3 N–H and O–H groups in total. The molecule has 0 amide bonds. The maximum Gasteiger partial charge on any atom is 0.0645 e. The molecule has 0 aliphatic heterocycles. The molecule has 1 atom stereocenters. The van der Waals surface area contributed by atoms with Gasteiger partial charge in [0.15, 0.2) is 0 Å². The smallest absolute Gasteiger partial charge is 0.0645 e. The Hall–Kier alpha value is -1.65. The zero-order valence-corrected chi connectivity index (χ0v) is 11.0. The highest BCUT2D eigenvalue weighted by Gasteiger charge is 2.23. The Balaban J connectivity index is 1.75. The molecule has 0 bridgehead atoms. The summed E-state index contributed by atoms with van der Waals surface area (Å²) in [6.45, 7) is 0. The first-order valence-electron chi connectivity index (χ1n) is 6.93. The Labute approximate surface area is 113 Å². The van der Waals surface area contributed by atoms with Crippen LogP contribution in [-0.2, 0) is 0 Å². The van der Waals surface area contributed by atoms with Crippen LogP contribution >= 0.6 is 0 Å². The number of nitrogens with zero attached hydrogens (tertiary/aromatic N) is 2. The number of nitrogens with one attached hydrogen (secondary N) is 1. The third kappa shape index (κ3) is 2.69. The van der Waals surface area contributed by atoms with Crippen molar-refractivity contribution in [1.82, 2.24) is 15.2 Å². The average Bonchev–Trinajstić information content (AvgIpc) is 2.88. The predicted octanol–water partition coefficient (Wildman–Crippen LogP) is 2.57. The summed E-state index contributed by atoms with van der Waals surface area (Å²) in [4.78, 5) is 0. The Morgan fingerprint density at radius 1 is 1.32 bits per heavy atom. The molecular weight excluding hydrogens is 236 g/mol. The van der Waals surface area contributed by atoms with E-state index in [0.29, 0.717) is 0 Å². The number of hydrazine groups is 1. The average molecular weight is 256 g/mol. The van der Waals surface area contributed by atoms with Gasteiger partial charge in [0.05, 0.1) is 11.9 Å². The van der Waals surface area contributed by atoms with Crippen molar-refractivity contribution >= 4 is 0 Å². The molecule has 100 valence electrons. The first-order chi connectivity index (χ1) is 9.36. The van der Waals surface area contributed by atoms with Crippen molar-refractivity contribution in [2.24, 2.45) is 11.8 Å². The topological polar surface area (TPSA) is 55.9 Å². The fourth-order valence-corrected chi connectivity index (χ4v) is 2.60. The van der Waals surface area contributed by atoms with Crippen molar-refractivity contribution in [2.45, 2.75) is 31.7 Å². The minimum Gasteiger partial charge on any atom is -0.271 e. The van der Waals surface area contributed by atoms with Gasteiger partial charge in [-0.3, -0.25) is 11.3 Å². The van der Waals surface area contributed by atoms with E-state index in [2.05, 4.69) is 16.7 Å². The van der Waals surface area contributed by atoms with Crippen molar-refractivity contribution in [1.29, 1.82) is 0 Å². The van der Waals surface area contributed by atoms with E-state index >= 15 is 0 Å². The summed E-state index contributed by atoms with van der Waals surface area (Å²) in [5.74, 6) is 6.51. The van der Waals surface area contributed by atoms with Gasteiger partial charge < -0.3 is 0 Å². The number of hydrogen-bond acceptors (Lipinski definition) is 3. The van der Waals surface area contributed by atoms with E-state index in [9.17, 15) is 0 Å². The number of para-hydroxylation sites is 1. The van der Waals surface area contributed by atoms with Crippen LogP contribution in [0.1, 0.15) is 37.3 Å². The molecule has 1 unspecified atom stereocenters. The second-order valence-electron chi connectivity index (χ2n) is 5.31. The lowest BCUT2D eigenvalue weighted by Gasteiger charge is -2.28. The molecule has 1 aromatic heterocycles. The molecule has 1 aromatic carbocycles. The molecule has 1 heterocycles. The Morgan fingerprint density at radius 2 is 2.11 bits per heavy atom. The van der Waals surface area contributed by atoms with E-state index in [4.69, 9.17) is 5.84 Å². The van der Waals surface area contributed by atoms with Crippen molar-refractivity contribution in [2.75, 3.05) is 0 Å². The van der Waals surface area contributed by atoms with Gasteiger partial charge in [0.2, 0.25) is 0 Å². The molecule has 3 rings (SSSR count). The zero-order chi connectivity index (χ0) is 13.1. The van der Waals surface area contributed by atoms with E-state index in [0.717, 1.165) is 18.0 Å². The molecule has 4 heteroatoms. The van der Waals surface area contributed by atoms with Crippen molar-refractivity contribution in [3.05, 3.63) is 48.3 Å². The van der Waals surface area contributed by atoms with Crippen molar-refractivity contribution < 1.29 is 0 Å². The summed E-state index contributed by atoms with van der Waals surface area (Å²) >= 11 is 0. The Kier molecular flexibility index (Phi) is 3.62. The van der Waals surface area contributed by atoms with Crippen LogP contribution in [0.3, 0.4) is 0 Å². The first kappa shape index (κ1) is 12.4. The van der Waals surface area contributed by atoms with Gasteiger partial charge in [0.25, 0.3) is 0 Å². The van der Waals surface area contributed by atoms with Gasteiger partial charge in [-0.05, 0) is 24.5 Å². The van der Waals surface area contributed by atoms with E-state index in [1.54, 1.807) is 0 Å². The molecule has 1 aliphatic rings. The summed E-state index contributed by atoms with van der Waals surface area (Å²) in [6.07, 6.45) is 9.13. The summed E-state index contributed by atoms with van der Waals surface area (Å²) < 4.78 is 1.90. The summed E-state index contributed by atoms with van der Waals surface area (Å²) in [5.41, 5.74) is 5.17. The maximum absolute atomic E-state index is 5.69. The number of hydrogen-bond donors (Lipinski definition) is 2. The third-order valence-corrected chi connectivity index (χ3v) is 4.02. The number of benzene rings is 1. The van der Waals surface area contributed by atoms with Crippen LogP contribution in [-0.4, -0.2) is 9.78 Å². The molecule has 2 aromatic rings. The molecule has 0 spiro atoms. The van der Waals surface area contributed by atoms with Gasteiger partial charge in [-0.1, -0.05) is 37.5 Å². The molecular formula is C15H20N4. The molecule has 1 aliphatic carbocycles. The zero-order valence-electron chi connectivity index (χ0n) is 11.0. The minimum atomic E-state index is 0.211. The Morgan fingerprint density at radius 3 is 2.74 bits per heavy atom. The lowest BCUT2D eigenvalue weighted by Crippen LogP contribution is -2.30. The fourth-order valence-electron chi connectivity index (χ4n) is 2.60. The third-order valence-electron chi connectivity index (χ3n) is 4.02. The first-order valence-corrected chi connectivity index (χ1v) is 6.93. The van der Waals surface area contributed by atoms with Crippen LogP contribution in [0.25, 0.3) is 5.69 Å². The standard InChI is InChI=1S/C15H20N4/c16-18-15(9-12-5-4-6-12)13-10-17-19(11-13)14-7-2-1-3-8-14/h1-3,7-8,10-12,15,18H,4-6,9,16H2. The highest BCUT2D eigenvalue weighted by molar-refractivity contribution is 5.31. The van der Waals surface area contributed by atoms with Crippen LogP contribution in [0.15, 0.2) is 42.7 Å². The van der Waals surface area contributed by atoms with E-state index in [1.165, 1.54) is 24.8 Å². The van der Waals surface area contributed by atoms with Gasteiger partial charge in [-0.15, -0.1) is 0 Å². The molecule has 0 radical (unpaired) electrons. The summed E-state index contributed by atoms with van der Waals surface area (Å²) in [5, 5.41) is 4.43. The normalized spacial score (nSPS) is 17.1. The van der Waals surface area contributed by atoms with Crippen LogP contribution < -0.4 is 11.3 Å². The van der Waals surface area contributed by atoms with E-state index in [1.807, 2.05) is 41.2 Å². The quantitative estimate of drug-likeness (QED) is 0.638. The van der Waals surface area contributed by atoms with Crippen LogP contribution in [0, 0.1) is 5.92 Å². The van der Waals surface area contributed by atoms with Crippen LogP contribution in [0.2, 0.25) is 0 Å². The number of aromatic nitrogens is 2. The maximum atomic E-state index is 5.69. The molecule has 1 fully saturated rings. The van der Waals surface area contributed by atoms with Gasteiger partial charge in [0.1, 0.15) is 0 Å². The van der Waals surface area contributed by atoms with E-state index < -0.39 is 0 Å². The lowest BCUT2D eigenvalue weighted by atomic mass is 9.80. The highest BCUT2D eigenvalue weighted by Crippen LogP contribution is 2.34. The predicted molar refractivity (Wildman–Crippen MR) is 75.6 cm³/mol. The number of rotatable bonds is 5. The van der Waals surface area contributed by atoms with Gasteiger partial charge in [0, 0.05) is 17.8 Å². The SMILES string of the molecule is NNC(CC1CCC1)c1cnn(-c2ccccc2)c1. The van der Waals surface area contributed by atoms with Gasteiger partial charge in [-0.25, -0.2) is 4.68 Å². The van der Waals surface area contributed by atoms with Crippen LogP contribution in [0.4, 0.5) is 0 Å². The minimum absolute atomic E-state index is 0.211. The molecule has 19 heavy (non-hydrogen) atoms. The molecule has 1 saturated carbocycles. The van der Waals surface area contributed by atoms with Crippen molar-refractivity contribution in [3.63, 3.8) is 0 Å². The largest absolute Gasteiger partial charge is 0.271 e. The molecule has 0 saturated heterocycles. The molecule has 4 nitrogen and oxygen atoms in total. The highest BCUT2D eigenvalue weighted by atomic mass is 15.3. The summed E-state index contributed by atoms with van der Waals surface area (Å²) in [7, 11) is 0. The second kappa shape index (κ2) is 5.55. The monoisotopic (exact) mass is 256 g/mol. The van der Waals surface area contributed by atoms with Gasteiger partial charge in [-0.2, -0.15) is 5.10 Å². The lowest BCUT2D eigenvalue weighted by molar-refractivity contribution is 0.262. The van der Waals surface area contributed by atoms with E-state index in [-0.39, 0.29) is 6.04 Å². The second-order valence-corrected chi connectivity index (χ2v) is 5.31.